The molecule has 11 nitrogen and oxygen atoms in total. The average molecular weight is 564 g/mol. The number of hydrogen-bond acceptors (Lipinski definition) is 8. The molecule has 2 aliphatic heterocycles. The summed E-state index contributed by atoms with van der Waals surface area (Å²) in [6.07, 6.45) is -1.25. The first-order chi connectivity index (χ1) is 18.2. The maximum absolute atomic E-state index is 13.3. The molecule has 1 saturated heterocycles. The second-order valence-corrected chi connectivity index (χ2v) is 10.9. The molecule has 1 fully saturated rings. The second kappa shape index (κ2) is 12.2. The van der Waals surface area contributed by atoms with Crippen molar-refractivity contribution in [1.82, 2.24) is 14.0 Å². The predicted molar refractivity (Wildman–Crippen MR) is 143 cm³/mol. The number of hydrogen-bond donors (Lipinski definition) is 2. The number of carbonyl (C=O) groups excluding carboxylic acids is 1. The predicted octanol–water partition coefficient (Wildman–Crippen LogP) is 1.59. The Balaban J connectivity index is 1.78. The molecule has 0 aliphatic carbocycles. The molecule has 3 unspecified atom stereocenters. The van der Waals surface area contributed by atoms with E-state index >= 15 is 0 Å². The van der Waals surface area contributed by atoms with Crippen LogP contribution in [-0.4, -0.2) is 92.6 Å². The smallest absolute Gasteiger partial charge is 0.333 e. The van der Waals surface area contributed by atoms with Crippen molar-refractivity contribution in [2.45, 2.75) is 25.0 Å². The summed E-state index contributed by atoms with van der Waals surface area (Å²) in [6.45, 7) is 2.42. The summed E-state index contributed by atoms with van der Waals surface area (Å²) in [5, 5.41) is 17.0. The summed E-state index contributed by atoms with van der Waals surface area (Å²) in [5.41, 5.74) is 2.41. The number of halogens is 1. The topological polar surface area (TPSA) is 133 Å². The number of aliphatic hydroxyl groups excluding tert-OH is 1. The number of nitrogens with zero attached hydrogens (tertiary/aromatic N) is 4. The number of nitrogens with one attached hydrogen (secondary N) is 1. The molecule has 4 rings (SSSR count). The number of ether oxygens (including phenoxy) is 2. The van der Waals surface area contributed by atoms with E-state index in [4.69, 9.17) is 26.2 Å². The Labute approximate surface area is 226 Å². The maximum Gasteiger partial charge on any atom is 0.333 e. The van der Waals surface area contributed by atoms with Crippen LogP contribution in [-0.2, 0) is 24.5 Å². The number of guanidine groups is 1. The van der Waals surface area contributed by atoms with Crippen molar-refractivity contribution >= 4 is 39.5 Å². The highest BCUT2D eigenvalue weighted by Crippen LogP contribution is 2.29. The van der Waals surface area contributed by atoms with Gasteiger partial charge in [0.15, 0.2) is 6.04 Å². The summed E-state index contributed by atoms with van der Waals surface area (Å²) in [4.78, 5) is 16.7. The molecule has 2 N–H and O–H groups in total. The Kier molecular flexibility index (Phi) is 9.00. The Morgan fingerprint density at radius 1 is 1.18 bits per heavy atom. The van der Waals surface area contributed by atoms with Gasteiger partial charge in [0.25, 0.3) is 0 Å². The van der Waals surface area contributed by atoms with Gasteiger partial charge >= 0.3 is 16.2 Å². The summed E-state index contributed by atoms with van der Waals surface area (Å²) < 4.78 is 40.4. The number of benzene rings is 2. The third-order valence-corrected chi connectivity index (χ3v) is 7.93. The van der Waals surface area contributed by atoms with Crippen LogP contribution in [0.4, 0.5) is 0 Å². The lowest BCUT2D eigenvalue weighted by molar-refractivity contribution is -0.144. The summed E-state index contributed by atoms with van der Waals surface area (Å²) in [6, 6.07) is 15.4. The van der Waals surface area contributed by atoms with Crippen LogP contribution in [0.5, 0.6) is 0 Å². The molecule has 0 saturated carbocycles. The van der Waals surface area contributed by atoms with Gasteiger partial charge in [-0.2, -0.15) is 17.8 Å². The summed E-state index contributed by atoms with van der Waals surface area (Å²) in [7, 11) is -2.91. The van der Waals surface area contributed by atoms with Crippen LogP contribution in [0.1, 0.15) is 24.0 Å². The van der Waals surface area contributed by atoms with Gasteiger partial charge in [0, 0.05) is 24.0 Å². The van der Waals surface area contributed by atoms with Gasteiger partial charge in [0.2, 0.25) is 5.96 Å². The van der Waals surface area contributed by atoms with Crippen LogP contribution in [0.3, 0.4) is 0 Å². The van der Waals surface area contributed by atoms with Crippen molar-refractivity contribution < 1.29 is 27.8 Å². The molecule has 0 aromatic heterocycles. The maximum atomic E-state index is 13.3. The first-order valence-electron chi connectivity index (χ1n) is 12.1. The summed E-state index contributed by atoms with van der Waals surface area (Å²) >= 11 is 6.10. The molecule has 2 aromatic carbocycles. The number of hydrazone groups is 1. The van der Waals surface area contributed by atoms with E-state index in [2.05, 4.69) is 9.71 Å². The van der Waals surface area contributed by atoms with Crippen LogP contribution < -0.4 is 4.72 Å². The largest absolute Gasteiger partial charge is 0.467 e. The quantitative estimate of drug-likeness (QED) is 0.297. The van der Waals surface area contributed by atoms with E-state index < -0.39 is 28.3 Å². The van der Waals surface area contributed by atoms with Gasteiger partial charge in [0.1, 0.15) is 0 Å². The minimum atomic E-state index is -4.08. The molecule has 0 spiro atoms. The van der Waals surface area contributed by atoms with Crippen LogP contribution in [0.25, 0.3) is 0 Å². The molecule has 0 radical (unpaired) electrons. The monoisotopic (exact) mass is 563 g/mol. The molecule has 3 atom stereocenters. The highest BCUT2D eigenvalue weighted by atomic mass is 35.5. The van der Waals surface area contributed by atoms with Crippen LogP contribution in [0, 0.1) is 0 Å². The zero-order chi connectivity index (χ0) is 27.3. The second-order valence-electron chi connectivity index (χ2n) is 8.82. The van der Waals surface area contributed by atoms with Crippen molar-refractivity contribution in [1.29, 1.82) is 0 Å². The first-order valence-corrected chi connectivity index (χ1v) is 13.9. The third-order valence-electron chi connectivity index (χ3n) is 6.19. The number of carbonyl (C=O) groups is 1. The van der Waals surface area contributed by atoms with E-state index in [1.54, 1.807) is 12.1 Å². The first kappa shape index (κ1) is 28.0. The number of morpholine rings is 1. The van der Waals surface area contributed by atoms with Gasteiger partial charge in [-0.05, 0) is 30.2 Å². The number of aliphatic hydroxyl groups is 1. The van der Waals surface area contributed by atoms with Crippen molar-refractivity contribution in [3.63, 3.8) is 0 Å². The van der Waals surface area contributed by atoms with Crippen LogP contribution >= 0.6 is 11.6 Å². The lowest BCUT2D eigenvalue weighted by atomic mass is 9.91. The molecule has 2 aromatic rings. The van der Waals surface area contributed by atoms with Crippen molar-refractivity contribution in [2.24, 2.45) is 10.1 Å². The molecule has 2 aliphatic rings. The lowest BCUT2D eigenvalue weighted by Crippen LogP contribution is -2.52. The normalized spacial score (nSPS) is 20.5. The SMILES string of the molecule is COC(=O)C(N=C(NS(=O)(=O)N1CCOCC1)N1CC(c2ccccc2)C(c2ccc(Cl)cc2)=N1)C(C)O. The third kappa shape index (κ3) is 6.51. The van der Waals surface area contributed by atoms with Gasteiger partial charge in [-0.25, -0.2) is 19.5 Å². The molecular weight excluding hydrogens is 534 g/mol. The zero-order valence-corrected chi connectivity index (χ0v) is 22.6. The fourth-order valence-corrected chi connectivity index (χ4v) is 5.46. The zero-order valence-electron chi connectivity index (χ0n) is 21.0. The van der Waals surface area contributed by atoms with Crippen molar-refractivity contribution in [3.05, 3.63) is 70.7 Å². The van der Waals surface area contributed by atoms with Crippen molar-refractivity contribution in [3.8, 4) is 0 Å². The van der Waals surface area contributed by atoms with E-state index in [0.717, 1.165) is 11.1 Å². The van der Waals surface area contributed by atoms with E-state index in [1.807, 2.05) is 42.5 Å². The van der Waals surface area contributed by atoms with E-state index in [0.29, 0.717) is 10.7 Å². The Hall–Kier alpha value is -3.03. The Morgan fingerprint density at radius 3 is 2.45 bits per heavy atom. The van der Waals surface area contributed by atoms with Gasteiger partial charge in [-0.15, -0.1) is 0 Å². The molecule has 2 heterocycles. The van der Waals surface area contributed by atoms with Gasteiger partial charge in [-0.1, -0.05) is 54.1 Å². The molecule has 204 valence electrons. The highest BCUT2D eigenvalue weighted by molar-refractivity contribution is 7.87. The number of esters is 1. The van der Waals surface area contributed by atoms with E-state index in [-0.39, 0.29) is 44.7 Å². The van der Waals surface area contributed by atoms with Gasteiger partial charge < -0.3 is 14.6 Å². The number of aliphatic imine (C=N–C) groups is 1. The molecule has 13 heteroatoms. The lowest BCUT2D eigenvalue weighted by Gasteiger charge is -2.28. The minimum absolute atomic E-state index is 0.158. The van der Waals surface area contributed by atoms with Crippen molar-refractivity contribution in [2.75, 3.05) is 40.0 Å². The summed E-state index contributed by atoms with van der Waals surface area (Å²) in [5.74, 6) is -1.28. The minimum Gasteiger partial charge on any atom is -0.467 e. The fraction of sp³-hybridized carbons (Fsp3) is 0.400. The van der Waals surface area contributed by atoms with Crippen LogP contribution in [0.15, 0.2) is 64.7 Å². The van der Waals surface area contributed by atoms with E-state index in [1.165, 1.54) is 23.3 Å². The average Bonchev–Trinajstić information content (AvgIpc) is 3.37. The van der Waals surface area contributed by atoms with Gasteiger partial charge in [-0.3, -0.25) is 0 Å². The standard InChI is InChI=1S/C25H30ClN5O6S/c1-17(32)22(24(33)36-2)27-25(29-38(34,35)30-12-14-37-15-13-30)31-16-21(18-6-4-3-5-7-18)23(28-31)19-8-10-20(26)11-9-19/h3-11,17,21-22,32H,12-16H2,1-2H3,(H,27,29). The molecular formula is C25H30ClN5O6S. The van der Waals surface area contributed by atoms with E-state index in [9.17, 15) is 18.3 Å². The highest BCUT2D eigenvalue weighted by Gasteiger charge is 2.36. The molecule has 0 bridgehead atoms. The Morgan fingerprint density at radius 2 is 1.84 bits per heavy atom. The number of rotatable bonds is 7. The molecule has 0 amide bonds. The number of methoxy groups -OCH3 is 1. The van der Waals surface area contributed by atoms with Crippen LogP contribution in [0.2, 0.25) is 5.02 Å². The molecule has 38 heavy (non-hydrogen) atoms. The van der Waals surface area contributed by atoms with Gasteiger partial charge in [0.05, 0.1) is 38.7 Å². The Bertz CT molecular complexity index is 1280. The fourth-order valence-electron chi connectivity index (χ4n) is 4.18.